The van der Waals surface area contributed by atoms with E-state index in [2.05, 4.69) is 5.32 Å². The second kappa shape index (κ2) is 4.68. The smallest absolute Gasteiger partial charge is 0.329 e. The first-order valence-electron chi connectivity index (χ1n) is 5.95. The highest BCUT2D eigenvalue weighted by Gasteiger charge is 2.42. The fourth-order valence-electron chi connectivity index (χ4n) is 2.36. The van der Waals surface area contributed by atoms with Crippen LogP contribution in [0, 0.1) is 0 Å². The number of rotatable bonds is 3. The number of carbonyl (C=O) groups excluding carboxylic acids is 1. The van der Waals surface area contributed by atoms with E-state index in [1.165, 1.54) is 0 Å². The van der Waals surface area contributed by atoms with Crippen molar-refractivity contribution in [3.05, 3.63) is 29.8 Å². The monoisotopic (exact) mass is 248 g/mol. The Balaban J connectivity index is 2.21. The van der Waals surface area contributed by atoms with E-state index in [9.17, 15) is 14.7 Å². The van der Waals surface area contributed by atoms with Crippen molar-refractivity contribution < 1.29 is 14.7 Å². The topological polar surface area (TPSA) is 92.4 Å². The van der Waals surface area contributed by atoms with Crippen LogP contribution >= 0.6 is 0 Å². The van der Waals surface area contributed by atoms with Crippen LogP contribution in [0.4, 0.5) is 5.69 Å². The van der Waals surface area contributed by atoms with Crippen molar-refractivity contribution in [3.63, 3.8) is 0 Å². The molecule has 1 aromatic rings. The first-order valence-corrected chi connectivity index (χ1v) is 5.95. The summed E-state index contributed by atoms with van der Waals surface area (Å²) in [5, 5.41) is 11.9. The molecule has 0 heterocycles. The van der Waals surface area contributed by atoms with E-state index < -0.39 is 17.4 Å². The minimum atomic E-state index is -1.13. The van der Waals surface area contributed by atoms with E-state index in [1.54, 1.807) is 24.3 Å². The molecule has 0 aliphatic heterocycles. The Hall–Kier alpha value is -2.04. The van der Waals surface area contributed by atoms with Gasteiger partial charge in [-0.25, -0.2) is 4.79 Å². The van der Waals surface area contributed by atoms with Crippen molar-refractivity contribution in [1.29, 1.82) is 0 Å². The average molecular weight is 248 g/mol. The van der Waals surface area contributed by atoms with Crippen LogP contribution in [0.15, 0.2) is 24.3 Å². The van der Waals surface area contributed by atoms with Gasteiger partial charge in [-0.05, 0) is 25.0 Å². The summed E-state index contributed by atoms with van der Waals surface area (Å²) in [6.45, 7) is 0. The summed E-state index contributed by atoms with van der Waals surface area (Å²) in [6.07, 6.45) is 2.58. The molecule has 1 amide bonds. The minimum absolute atomic E-state index is 0.324. The third-order valence-corrected chi connectivity index (χ3v) is 3.42. The summed E-state index contributed by atoms with van der Waals surface area (Å²) in [5.41, 5.74) is 5.26. The summed E-state index contributed by atoms with van der Waals surface area (Å²) in [7, 11) is 0. The zero-order chi connectivity index (χ0) is 13.2. The fraction of sp³-hybridized carbons (Fsp3) is 0.385. The SMILES string of the molecule is Nc1ccccc1C(=O)NC1(C(=O)O)CCCC1. The maximum absolute atomic E-state index is 12.1. The first-order chi connectivity index (χ1) is 8.55. The lowest BCUT2D eigenvalue weighted by molar-refractivity contribution is -0.144. The molecule has 18 heavy (non-hydrogen) atoms. The van der Waals surface area contributed by atoms with Gasteiger partial charge in [-0.3, -0.25) is 4.79 Å². The lowest BCUT2D eigenvalue weighted by Gasteiger charge is -2.25. The molecule has 0 atom stereocenters. The van der Waals surface area contributed by atoms with Gasteiger partial charge in [0, 0.05) is 5.69 Å². The molecule has 1 aliphatic rings. The largest absolute Gasteiger partial charge is 0.480 e. The highest BCUT2D eigenvalue weighted by molar-refractivity contribution is 6.01. The van der Waals surface area contributed by atoms with E-state index in [-0.39, 0.29) is 0 Å². The Morgan fingerprint density at radius 3 is 2.39 bits per heavy atom. The van der Waals surface area contributed by atoms with Crippen molar-refractivity contribution in [2.75, 3.05) is 5.73 Å². The second-order valence-corrected chi connectivity index (χ2v) is 4.64. The Morgan fingerprint density at radius 2 is 1.83 bits per heavy atom. The predicted octanol–water partition coefficient (Wildman–Crippen LogP) is 1.40. The van der Waals surface area contributed by atoms with Gasteiger partial charge in [0.1, 0.15) is 5.54 Å². The number of amides is 1. The van der Waals surface area contributed by atoms with Crippen molar-refractivity contribution in [1.82, 2.24) is 5.32 Å². The minimum Gasteiger partial charge on any atom is -0.480 e. The van der Waals surface area contributed by atoms with Gasteiger partial charge in [0.15, 0.2) is 0 Å². The lowest BCUT2D eigenvalue weighted by Crippen LogP contribution is -2.52. The lowest BCUT2D eigenvalue weighted by atomic mass is 9.97. The Labute approximate surface area is 105 Å². The third-order valence-electron chi connectivity index (χ3n) is 3.42. The Kier molecular flexibility index (Phi) is 3.23. The zero-order valence-electron chi connectivity index (χ0n) is 9.98. The quantitative estimate of drug-likeness (QED) is 0.705. The number of nitrogens with one attached hydrogen (secondary N) is 1. The van der Waals surface area contributed by atoms with Gasteiger partial charge < -0.3 is 16.2 Å². The molecule has 0 aromatic heterocycles. The molecule has 0 unspecified atom stereocenters. The number of hydrogen-bond donors (Lipinski definition) is 3. The van der Waals surface area contributed by atoms with Gasteiger partial charge in [-0.1, -0.05) is 25.0 Å². The molecule has 1 fully saturated rings. The second-order valence-electron chi connectivity index (χ2n) is 4.64. The Bertz CT molecular complexity index is 479. The average Bonchev–Trinajstić information content (AvgIpc) is 2.79. The Morgan fingerprint density at radius 1 is 1.22 bits per heavy atom. The number of nitrogens with two attached hydrogens (primary N) is 1. The van der Waals surface area contributed by atoms with E-state index >= 15 is 0 Å². The molecule has 5 heteroatoms. The summed E-state index contributed by atoms with van der Waals surface area (Å²) in [5.74, 6) is -1.39. The van der Waals surface area contributed by atoms with Crippen molar-refractivity contribution in [2.45, 2.75) is 31.2 Å². The number of hydrogen-bond acceptors (Lipinski definition) is 3. The van der Waals surface area contributed by atoms with Crippen LogP contribution in [0.3, 0.4) is 0 Å². The van der Waals surface area contributed by atoms with E-state index in [0.29, 0.717) is 24.1 Å². The van der Waals surface area contributed by atoms with Crippen LogP contribution in [-0.2, 0) is 4.79 Å². The fourth-order valence-corrected chi connectivity index (χ4v) is 2.36. The molecular formula is C13H16N2O3. The molecule has 0 spiro atoms. The summed E-state index contributed by atoms with van der Waals surface area (Å²) in [6, 6.07) is 6.65. The van der Waals surface area contributed by atoms with Gasteiger partial charge in [-0.15, -0.1) is 0 Å². The highest BCUT2D eigenvalue weighted by Crippen LogP contribution is 2.30. The molecule has 2 rings (SSSR count). The van der Waals surface area contributed by atoms with E-state index in [1.807, 2.05) is 0 Å². The van der Waals surface area contributed by atoms with Gasteiger partial charge >= 0.3 is 5.97 Å². The number of carboxylic acid groups (broad SMARTS) is 1. The highest BCUT2D eigenvalue weighted by atomic mass is 16.4. The maximum atomic E-state index is 12.1. The summed E-state index contributed by atoms with van der Waals surface area (Å²) in [4.78, 5) is 23.4. The molecule has 0 radical (unpaired) electrons. The maximum Gasteiger partial charge on any atom is 0.329 e. The van der Waals surface area contributed by atoms with Gasteiger partial charge in [0.25, 0.3) is 5.91 Å². The molecule has 1 aliphatic carbocycles. The predicted molar refractivity (Wildman–Crippen MR) is 67.2 cm³/mol. The van der Waals surface area contributed by atoms with Crippen LogP contribution in [0.5, 0.6) is 0 Å². The number of aliphatic carboxylic acids is 1. The van der Waals surface area contributed by atoms with Gasteiger partial charge in [-0.2, -0.15) is 0 Å². The van der Waals surface area contributed by atoms with Crippen molar-refractivity contribution in [3.8, 4) is 0 Å². The zero-order valence-corrected chi connectivity index (χ0v) is 9.98. The molecule has 96 valence electrons. The van der Waals surface area contributed by atoms with Crippen molar-refractivity contribution >= 4 is 17.6 Å². The van der Waals surface area contributed by atoms with Crippen LogP contribution in [0.25, 0.3) is 0 Å². The normalized spacial score (nSPS) is 17.3. The number of para-hydroxylation sites is 1. The third kappa shape index (κ3) is 2.16. The number of nitrogen functional groups attached to an aromatic ring is 1. The molecule has 0 saturated heterocycles. The standard InChI is InChI=1S/C13H16N2O3/c14-10-6-2-1-5-9(10)11(16)15-13(12(17)18)7-3-4-8-13/h1-2,5-6H,3-4,7-8,14H2,(H,15,16)(H,17,18). The van der Waals surface area contributed by atoms with E-state index in [0.717, 1.165) is 12.8 Å². The molecular weight excluding hydrogens is 232 g/mol. The molecule has 5 nitrogen and oxygen atoms in total. The molecule has 1 saturated carbocycles. The summed E-state index contributed by atoms with van der Waals surface area (Å²) >= 11 is 0. The van der Waals surface area contributed by atoms with Gasteiger partial charge in [0.2, 0.25) is 0 Å². The number of anilines is 1. The van der Waals surface area contributed by atoms with Crippen LogP contribution in [0.2, 0.25) is 0 Å². The number of benzene rings is 1. The number of carbonyl (C=O) groups is 2. The van der Waals surface area contributed by atoms with Crippen molar-refractivity contribution in [2.24, 2.45) is 0 Å². The van der Waals surface area contributed by atoms with Crippen LogP contribution in [-0.4, -0.2) is 22.5 Å². The molecule has 4 N–H and O–H groups in total. The first kappa shape index (κ1) is 12.4. The van der Waals surface area contributed by atoms with Crippen LogP contribution in [0.1, 0.15) is 36.0 Å². The van der Waals surface area contributed by atoms with Crippen LogP contribution < -0.4 is 11.1 Å². The number of carboxylic acids is 1. The summed E-state index contributed by atoms with van der Waals surface area (Å²) < 4.78 is 0. The molecule has 0 bridgehead atoms. The molecule has 1 aromatic carbocycles. The van der Waals surface area contributed by atoms with Gasteiger partial charge in [0.05, 0.1) is 5.56 Å². The van der Waals surface area contributed by atoms with E-state index in [4.69, 9.17) is 5.73 Å².